The van der Waals surface area contributed by atoms with Crippen LogP contribution in [0, 0.1) is 5.92 Å². The fourth-order valence-electron chi connectivity index (χ4n) is 2.64. The molecule has 0 aliphatic carbocycles. The van der Waals surface area contributed by atoms with E-state index in [1.165, 1.54) is 6.92 Å². The summed E-state index contributed by atoms with van der Waals surface area (Å²) >= 11 is 0. The van der Waals surface area contributed by atoms with Gasteiger partial charge in [0.15, 0.2) is 0 Å². The van der Waals surface area contributed by atoms with Crippen molar-refractivity contribution in [1.29, 1.82) is 0 Å². The van der Waals surface area contributed by atoms with E-state index in [0.29, 0.717) is 38.5 Å². The number of hydrogen-bond donors (Lipinski definition) is 1. The lowest BCUT2D eigenvalue weighted by atomic mass is 9.96. The highest BCUT2D eigenvalue weighted by atomic mass is 16.7. The van der Waals surface area contributed by atoms with E-state index in [4.69, 9.17) is 19.3 Å². The number of carboxylic acids is 1. The summed E-state index contributed by atoms with van der Waals surface area (Å²) in [5.74, 6) is -3.01. The van der Waals surface area contributed by atoms with Crippen LogP contribution in [0.5, 0.6) is 0 Å². The first-order chi connectivity index (χ1) is 13.2. The third kappa shape index (κ3) is 12.3. The van der Waals surface area contributed by atoms with Crippen LogP contribution in [0.1, 0.15) is 85.5 Å². The Morgan fingerprint density at radius 2 is 1.36 bits per heavy atom. The zero-order valence-corrected chi connectivity index (χ0v) is 17.4. The molecule has 0 fully saturated rings. The van der Waals surface area contributed by atoms with Gasteiger partial charge in [0.2, 0.25) is 6.29 Å². The molecule has 0 radical (unpaired) electrons. The maximum Gasteiger partial charge on any atom is 0.315 e. The van der Waals surface area contributed by atoms with Crippen LogP contribution in [0.4, 0.5) is 0 Å². The molecule has 3 unspecified atom stereocenters. The van der Waals surface area contributed by atoms with Gasteiger partial charge < -0.3 is 19.3 Å². The van der Waals surface area contributed by atoms with Gasteiger partial charge in [-0.1, -0.05) is 26.7 Å². The van der Waals surface area contributed by atoms with Gasteiger partial charge in [-0.3, -0.25) is 19.2 Å². The molecule has 0 rings (SSSR count). The predicted octanol–water partition coefficient (Wildman–Crippen LogP) is 3.60. The number of carbonyl (C=O) groups excluding carboxylic acids is 3. The van der Waals surface area contributed by atoms with Gasteiger partial charge in [0.1, 0.15) is 6.10 Å². The Morgan fingerprint density at radius 3 is 1.89 bits per heavy atom. The number of aliphatic carboxylic acids is 1. The largest absolute Gasteiger partial charge is 0.481 e. The van der Waals surface area contributed by atoms with E-state index in [1.54, 1.807) is 6.92 Å². The second-order valence-electron chi connectivity index (χ2n) is 6.79. The lowest BCUT2D eigenvalue weighted by molar-refractivity contribution is -0.190. The Bertz CT molecular complexity index is 502. The van der Waals surface area contributed by atoms with Gasteiger partial charge in [-0.25, -0.2) is 0 Å². The lowest BCUT2D eigenvalue weighted by Crippen LogP contribution is -2.34. The Morgan fingerprint density at radius 1 is 0.786 bits per heavy atom. The van der Waals surface area contributed by atoms with E-state index in [-0.39, 0.29) is 25.2 Å². The van der Waals surface area contributed by atoms with Crippen molar-refractivity contribution < 1.29 is 38.5 Å². The second kappa shape index (κ2) is 14.9. The molecule has 0 aliphatic rings. The molecule has 0 aromatic rings. The second-order valence-corrected chi connectivity index (χ2v) is 6.79. The molecule has 8 nitrogen and oxygen atoms in total. The smallest absolute Gasteiger partial charge is 0.315 e. The SMILES string of the molecule is CCCC(=O)OC(C)OC(=O)C(CCCCCC(=O)O)C(C)OC(=O)CCC. The Kier molecular flexibility index (Phi) is 13.8. The van der Waals surface area contributed by atoms with E-state index in [9.17, 15) is 19.2 Å². The Labute approximate surface area is 166 Å². The quantitative estimate of drug-likeness (QED) is 0.251. The van der Waals surface area contributed by atoms with Crippen molar-refractivity contribution in [3.05, 3.63) is 0 Å². The average molecular weight is 402 g/mol. The van der Waals surface area contributed by atoms with Crippen molar-refractivity contribution in [3.63, 3.8) is 0 Å². The molecule has 0 bridgehead atoms. The third-order valence-corrected chi connectivity index (χ3v) is 4.08. The normalized spacial score (nSPS) is 13.9. The van der Waals surface area contributed by atoms with Crippen molar-refractivity contribution in [2.75, 3.05) is 0 Å². The van der Waals surface area contributed by atoms with Crippen LogP contribution in [0.25, 0.3) is 0 Å². The molecule has 8 heteroatoms. The molecule has 0 aliphatic heterocycles. The summed E-state index contributed by atoms with van der Waals surface area (Å²) in [5, 5.41) is 8.68. The minimum Gasteiger partial charge on any atom is -0.481 e. The van der Waals surface area contributed by atoms with Crippen molar-refractivity contribution in [1.82, 2.24) is 0 Å². The molecule has 28 heavy (non-hydrogen) atoms. The van der Waals surface area contributed by atoms with Crippen LogP contribution < -0.4 is 0 Å². The van der Waals surface area contributed by atoms with Crippen LogP contribution in [0.15, 0.2) is 0 Å². The van der Waals surface area contributed by atoms with E-state index >= 15 is 0 Å². The summed E-state index contributed by atoms with van der Waals surface area (Å²) in [6.07, 6.45) is 2.23. The number of carboxylic acid groups (broad SMARTS) is 1. The minimum atomic E-state index is -1.03. The van der Waals surface area contributed by atoms with Crippen LogP contribution in [-0.2, 0) is 33.4 Å². The van der Waals surface area contributed by atoms with E-state index in [2.05, 4.69) is 0 Å². The van der Waals surface area contributed by atoms with Gasteiger partial charge in [-0.05, 0) is 32.6 Å². The number of unbranched alkanes of at least 4 members (excludes halogenated alkanes) is 2. The zero-order chi connectivity index (χ0) is 21.5. The highest BCUT2D eigenvalue weighted by Crippen LogP contribution is 2.21. The van der Waals surface area contributed by atoms with Crippen molar-refractivity contribution in [2.24, 2.45) is 5.92 Å². The number of hydrogen-bond acceptors (Lipinski definition) is 7. The maximum atomic E-state index is 12.5. The fraction of sp³-hybridized carbons (Fsp3) is 0.800. The van der Waals surface area contributed by atoms with Crippen LogP contribution in [0.3, 0.4) is 0 Å². The molecule has 0 heterocycles. The molecule has 0 aromatic carbocycles. The average Bonchev–Trinajstić information content (AvgIpc) is 2.57. The monoisotopic (exact) mass is 402 g/mol. The van der Waals surface area contributed by atoms with Crippen LogP contribution in [0.2, 0.25) is 0 Å². The van der Waals surface area contributed by atoms with Crippen molar-refractivity contribution in [3.8, 4) is 0 Å². The zero-order valence-electron chi connectivity index (χ0n) is 17.4. The number of rotatable bonds is 15. The molecular formula is C20H34O8. The maximum absolute atomic E-state index is 12.5. The van der Waals surface area contributed by atoms with Gasteiger partial charge >= 0.3 is 23.9 Å². The first-order valence-electron chi connectivity index (χ1n) is 10.0. The summed E-state index contributed by atoms with van der Waals surface area (Å²) in [7, 11) is 0. The molecule has 0 saturated carbocycles. The van der Waals surface area contributed by atoms with Gasteiger partial charge in [0, 0.05) is 26.2 Å². The van der Waals surface area contributed by atoms with Gasteiger partial charge in [-0.2, -0.15) is 0 Å². The molecule has 0 spiro atoms. The standard InChI is InChI=1S/C20H34O8/c1-5-10-18(23)26-14(3)16(12-8-7-9-13-17(21)22)20(25)28-15(4)27-19(24)11-6-2/h14-16H,5-13H2,1-4H3,(H,21,22). The minimum absolute atomic E-state index is 0.0700. The fourth-order valence-corrected chi connectivity index (χ4v) is 2.64. The topological polar surface area (TPSA) is 116 Å². The van der Waals surface area contributed by atoms with E-state index < -0.39 is 36.2 Å². The molecule has 1 N–H and O–H groups in total. The molecule has 3 atom stereocenters. The van der Waals surface area contributed by atoms with Crippen molar-refractivity contribution in [2.45, 2.75) is 97.9 Å². The first kappa shape index (κ1) is 25.9. The van der Waals surface area contributed by atoms with Crippen LogP contribution >= 0.6 is 0 Å². The highest BCUT2D eigenvalue weighted by molar-refractivity contribution is 5.75. The molecule has 162 valence electrons. The summed E-state index contributed by atoms with van der Waals surface area (Å²) in [6.45, 7) is 6.78. The van der Waals surface area contributed by atoms with E-state index in [1.807, 2.05) is 13.8 Å². The highest BCUT2D eigenvalue weighted by Gasteiger charge is 2.30. The summed E-state index contributed by atoms with van der Waals surface area (Å²) in [6, 6.07) is 0. The Hall–Kier alpha value is -2.12. The molecule has 0 amide bonds. The van der Waals surface area contributed by atoms with Gasteiger partial charge in [-0.15, -0.1) is 0 Å². The number of ether oxygens (including phenoxy) is 3. The summed E-state index contributed by atoms with van der Waals surface area (Å²) in [5.41, 5.74) is 0. The summed E-state index contributed by atoms with van der Waals surface area (Å²) < 4.78 is 15.6. The molecular weight excluding hydrogens is 368 g/mol. The first-order valence-corrected chi connectivity index (χ1v) is 10.0. The summed E-state index contributed by atoms with van der Waals surface area (Å²) in [4.78, 5) is 46.4. The molecule has 0 saturated heterocycles. The lowest BCUT2D eigenvalue weighted by Gasteiger charge is -2.24. The van der Waals surface area contributed by atoms with Gasteiger partial charge in [0.05, 0.1) is 5.92 Å². The van der Waals surface area contributed by atoms with Gasteiger partial charge in [0.25, 0.3) is 0 Å². The molecule has 0 aromatic heterocycles. The predicted molar refractivity (Wildman–Crippen MR) is 101 cm³/mol. The van der Waals surface area contributed by atoms with Crippen molar-refractivity contribution >= 4 is 23.9 Å². The third-order valence-electron chi connectivity index (χ3n) is 4.08. The van der Waals surface area contributed by atoms with E-state index in [0.717, 1.165) is 0 Å². The number of esters is 3. The Balaban J connectivity index is 4.78. The number of carbonyl (C=O) groups is 4. The van der Waals surface area contributed by atoms with Crippen LogP contribution in [-0.4, -0.2) is 41.4 Å².